The van der Waals surface area contributed by atoms with Crippen molar-refractivity contribution in [2.75, 3.05) is 25.6 Å². The van der Waals surface area contributed by atoms with Gasteiger partial charge in [0.1, 0.15) is 0 Å². The van der Waals surface area contributed by atoms with Gasteiger partial charge in [-0.1, -0.05) is 25.4 Å². The highest BCUT2D eigenvalue weighted by Gasteiger charge is 2.18. The van der Waals surface area contributed by atoms with Crippen LogP contribution in [0.5, 0.6) is 0 Å². The number of halogens is 1. The van der Waals surface area contributed by atoms with Crippen LogP contribution in [0.1, 0.15) is 20.3 Å². The summed E-state index contributed by atoms with van der Waals surface area (Å²) in [4.78, 5) is 8.08. The number of methoxy groups -OCH3 is 1. The summed E-state index contributed by atoms with van der Waals surface area (Å²) in [5.74, 6) is 0.634. The van der Waals surface area contributed by atoms with Crippen LogP contribution in [0.4, 0.5) is 5.82 Å². The first-order valence-electron chi connectivity index (χ1n) is 5.24. The van der Waals surface area contributed by atoms with E-state index in [1.165, 1.54) is 0 Å². The molecule has 0 unspecified atom stereocenters. The maximum Gasteiger partial charge on any atom is 0.171 e. The third-order valence-corrected chi connectivity index (χ3v) is 2.65. The Balaban J connectivity index is 2.47. The molecule has 0 aliphatic heterocycles. The van der Waals surface area contributed by atoms with Crippen molar-refractivity contribution in [2.24, 2.45) is 5.41 Å². The molecule has 0 atom stereocenters. The predicted octanol–water partition coefficient (Wildman–Crippen LogP) is 2.60. The van der Waals surface area contributed by atoms with Gasteiger partial charge in [-0.2, -0.15) is 0 Å². The van der Waals surface area contributed by atoms with Gasteiger partial charge in [0, 0.05) is 32.7 Å². The van der Waals surface area contributed by atoms with Crippen molar-refractivity contribution in [3.8, 4) is 0 Å². The van der Waals surface area contributed by atoms with E-state index in [-0.39, 0.29) is 5.41 Å². The summed E-state index contributed by atoms with van der Waals surface area (Å²) in [7, 11) is 1.71. The molecule has 90 valence electrons. The van der Waals surface area contributed by atoms with Crippen molar-refractivity contribution < 1.29 is 4.74 Å². The van der Waals surface area contributed by atoms with Crippen molar-refractivity contribution in [1.29, 1.82) is 0 Å². The minimum Gasteiger partial charge on any atom is -0.385 e. The number of rotatable bonds is 6. The van der Waals surface area contributed by atoms with Gasteiger partial charge in [0.25, 0.3) is 0 Å². The average Bonchev–Trinajstić information content (AvgIpc) is 2.26. The van der Waals surface area contributed by atoms with Crippen LogP contribution in [0.25, 0.3) is 0 Å². The van der Waals surface area contributed by atoms with E-state index in [1.807, 2.05) is 0 Å². The molecule has 0 fully saturated rings. The summed E-state index contributed by atoms with van der Waals surface area (Å²) in [6.45, 7) is 5.88. The van der Waals surface area contributed by atoms with Gasteiger partial charge >= 0.3 is 0 Å². The fourth-order valence-corrected chi connectivity index (χ4v) is 1.40. The Morgan fingerprint density at radius 1 is 1.38 bits per heavy atom. The zero-order valence-corrected chi connectivity index (χ0v) is 10.7. The van der Waals surface area contributed by atoms with Crippen LogP contribution in [0, 0.1) is 5.41 Å². The summed E-state index contributed by atoms with van der Waals surface area (Å²) in [5.41, 5.74) is 0.136. The molecule has 1 heterocycles. The fraction of sp³-hybridized carbons (Fsp3) is 0.636. The second-order valence-electron chi connectivity index (χ2n) is 4.46. The molecular formula is C11H18ClN3O. The van der Waals surface area contributed by atoms with Crippen LogP contribution in [-0.4, -0.2) is 30.2 Å². The molecule has 1 N–H and O–H groups in total. The van der Waals surface area contributed by atoms with E-state index in [9.17, 15) is 0 Å². The van der Waals surface area contributed by atoms with Gasteiger partial charge in [-0.05, 0) is 11.8 Å². The molecule has 0 bridgehead atoms. The minimum atomic E-state index is 0.136. The van der Waals surface area contributed by atoms with E-state index in [0.717, 1.165) is 19.6 Å². The van der Waals surface area contributed by atoms with Gasteiger partial charge in [0.2, 0.25) is 0 Å². The van der Waals surface area contributed by atoms with Crippen LogP contribution >= 0.6 is 11.6 Å². The maximum absolute atomic E-state index is 5.90. The van der Waals surface area contributed by atoms with Gasteiger partial charge < -0.3 is 10.1 Å². The van der Waals surface area contributed by atoms with E-state index in [2.05, 4.69) is 29.1 Å². The fourth-order valence-electron chi connectivity index (χ4n) is 1.23. The van der Waals surface area contributed by atoms with E-state index in [1.54, 1.807) is 19.5 Å². The molecule has 0 aliphatic rings. The Labute approximate surface area is 101 Å². The van der Waals surface area contributed by atoms with Crippen LogP contribution in [0.15, 0.2) is 12.4 Å². The van der Waals surface area contributed by atoms with Gasteiger partial charge in [-0.15, -0.1) is 0 Å². The Bertz CT molecular complexity index is 331. The second kappa shape index (κ2) is 6.01. The quantitative estimate of drug-likeness (QED) is 0.834. The third-order valence-electron chi connectivity index (χ3n) is 2.37. The van der Waals surface area contributed by atoms with Crippen LogP contribution < -0.4 is 5.32 Å². The monoisotopic (exact) mass is 243 g/mol. The summed E-state index contributed by atoms with van der Waals surface area (Å²) < 4.78 is 5.07. The van der Waals surface area contributed by atoms with Gasteiger partial charge in [0.15, 0.2) is 11.0 Å². The zero-order valence-electron chi connectivity index (χ0n) is 9.96. The normalized spacial score (nSPS) is 11.5. The maximum atomic E-state index is 5.90. The molecular weight excluding hydrogens is 226 g/mol. The number of ether oxygens (including phenoxy) is 1. The Morgan fingerprint density at radius 2 is 2.06 bits per heavy atom. The van der Waals surface area contributed by atoms with E-state index >= 15 is 0 Å². The number of nitrogens with zero attached hydrogens (tertiary/aromatic N) is 2. The first kappa shape index (κ1) is 13.2. The third kappa shape index (κ3) is 4.33. The van der Waals surface area contributed by atoms with E-state index in [0.29, 0.717) is 11.0 Å². The van der Waals surface area contributed by atoms with Crippen molar-refractivity contribution in [2.45, 2.75) is 20.3 Å². The predicted molar refractivity (Wildman–Crippen MR) is 65.8 cm³/mol. The molecule has 16 heavy (non-hydrogen) atoms. The van der Waals surface area contributed by atoms with E-state index in [4.69, 9.17) is 16.3 Å². The van der Waals surface area contributed by atoms with Crippen molar-refractivity contribution >= 4 is 17.4 Å². The molecule has 0 aliphatic carbocycles. The smallest absolute Gasteiger partial charge is 0.171 e. The van der Waals surface area contributed by atoms with Gasteiger partial charge in [-0.25, -0.2) is 9.97 Å². The molecule has 1 aromatic rings. The number of hydrogen-bond donors (Lipinski definition) is 1. The van der Waals surface area contributed by atoms with Crippen LogP contribution in [0.3, 0.4) is 0 Å². The highest BCUT2D eigenvalue weighted by molar-refractivity contribution is 6.31. The summed E-state index contributed by atoms with van der Waals surface area (Å²) in [6.07, 6.45) is 4.17. The Morgan fingerprint density at radius 3 is 2.69 bits per heavy atom. The number of hydrogen-bond acceptors (Lipinski definition) is 4. The molecule has 1 rings (SSSR count). The van der Waals surface area contributed by atoms with Crippen molar-refractivity contribution in [3.63, 3.8) is 0 Å². The molecule has 1 aromatic heterocycles. The van der Waals surface area contributed by atoms with Crippen molar-refractivity contribution in [1.82, 2.24) is 9.97 Å². The Kier molecular flexibility index (Phi) is 4.96. The number of nitrogens with one attached hydrogen (secondary N) is 1. The first-order chi connectivity index (χ1) is 7.55. The average molecular weight is 244 g/mol. The standard InChI is InChI=1S/C11H18ClN3O/c1-11(2,4-7-16-3)8-15-10-9(12)13-5-6-14-10/h5-6H,4,7-8H2,1-3H3,(H,14,15). The lowest BCUT2D eigenvalue weighted by Gasteiger charge is -2.24. The number of anilines is 1. The molecule has 0 spiro atoms. The first-order valence-corrected chi connectivity index (χ1v) is 5.62. The summed E-state index contributed by atoms with van der Waals surface area (Å²) in [6, 6.07) is 0. The van der Waals surface area contributed by atoms with Gasteiger partial charge in [0.05, 0.1) is 0 Å². The highest BCUT2D eigenvalue weighted by atomic mass is 35.5. The molecule has 5 heteroatoms. The summed E-state index contributed by atoms with van der Waals surface area (Å²) >= 11 is 5.90. The SMILES string of the molecule is COCCC(C)(C)CNc1nccnc1Cl. The Hall–Kier alpha value is -0.870. The molecule has 0 aromatic carbocycles. The molecule has 0 saturated heterocycles. The lowest BCUT2D eigenvalue weighted by molar-refractivity contribution is 0.157. The molecule has 0 amide bonds. The molecule has 0 radical (unpaired) electrons. The number of aromatic nitrogens is 2. The molecule has 4 nitrogen and oxygen atoms in total. The van der Waals surface area contributed by atoms with Crippen molar-refractivity contribution in [3.05, 3.63) is 17.5 Å². The second-order valence-corrected chi connectivity index (χ2v) is 4.81. The van der Waals surface area contributed by atoms with Crippen LogP contribution in [-0.2, 0) is 4.74 Å². The minimum absolute atomic E-state index is 0.136. The lowest BCUT2D eigenvalue weighted by Crippen LogP contribution is -2.25. The van der Waals surface area contributed by atoms with Gasteiger partial charge in [-0.3, -0.25) is 0 Å². The zero-order chi connectivity index (χ0) is 12.0. The molecule has 0 saturated carbocycles. The van der Waals surface area contributed by atoms with E-state index < -0.39 is 0 Å². The largest absolute Gasteiger partial charge is 0.385 e. The lowest BCUT2D eigenvalue weighted by atomic mass is 9.90. The van der Waals surface area contributed by atoms with Crippen LogP contribution in [0.2, 0.25) is 5.15 Å². The highest BCUT2D eigenvalue weighted by Crippen LogP contribution is 2.22. The summed E-state index contributed by atoms with van der Waals surface area (Å²) in [5, 5.41) is 3.61. The topological polar surface area (TPSA) is 47.0 Å².